The Hall–Kier alpha value is -3.85. The Kier molecular flexibility index (Phi) is 5.47. The summed E-state index contributed by atoms with van der Waals surface area (Å²) in [7, 11) is 0. The third kappa shape index (κ3) is 4.14. The van der Waals surface area contributed by atoms with Gasteiger partial charge in [0.25, 0.3) is 5.91 Å². The zero-order valence-corrected chi connectivity index (χ0v) is 18.6. The molecule has 33 heavy (non-hydrogen) atoms. The molecule has 0 saturated carbocycles. The lowest BCUT2D eigenvalue weighted by molar-refractivity contribution is -0.114. The van der Waals surface area contributed by atoms with Crippen molar-refractivity contribution in [1.29, 1.82) is 0 Å². The van der Waals surface area contributed by atoms with Crippen LogP contribution in [0, 0.1) is 5.82 Å². The molecule has 0 bridgehead atoms. The zero-order chi connectivity index (χ0) is 22.9. The van der Waals surface area contributed by atoms with E-state index in [1.165, 1.54) is 24.3 Å². The minimum Gasteiger partial charge on any atom is -0.326 e. The normalized spacial score (nSPS) is 12.4. The number of halogens is 1. The monoisotopic (exact) mass is 461 g/mol. The van der Waals surface area contributed by atoms with Crippen LogP contribution in [0.3, 0.4) is 0 Å². The second kappa shape index (κ2) is 8.59. The smallest absolute Gasteiger partial charge is 0.278 e. The van der Waals surface area contributed by atoms with Crippen LogP contribution in [0.25, 0.3) is 16.9 Å². The second-order valence-electron chi connectivity index (χ2n) is 7.74. The molecule has 2 amide bonds. The summed E-state index contributed by atoms with van der Waals surface area (Å²) in [6.45, 7) is 1.36. The van der Waals surface area contributed by atoms with E-state index in [9.17, 15) is 14.0 Å². The summed E-state index contributed by atoms with van der Waals surface area (Å²) in [5.74, 6) is -1.11. The number of hydrogen-bond acceptors (Lipinski definition) is 5. The number of benzene rings is 2. The van der Waals surface area contributed by atoms with Gasteiger partial charge in [-0.2, -0.15) is 5.10 Å². The quantitative estimate of drug-likeness (QED) is 0.445. The number of thiazole rings is 1. The van der Waals surface area contributed by atoms with E-state index in [0.717, 1.165) is 36.2 Å². The fraction of sp³-hybridized carbons (Fsp3) is 0.167. The van der Waals surface area contributed by atoms with Crippen molar-refractivity contribution in [3.63, 3.8) is 0 Å². The van der Waals surface area contributed by atoms with E-state index in [1.54, 1.807) is 17.5 Å². The van der Waals surface area contributed by atoms with Crippen LogP contribution in [0.4, 0.5) is 15.2 Å². The first kappa shape index (κ1) is 21.0. The number of nitrogens with one attached hydrogen (secondary N) is 2. The van der Waals surface area contributed by atoms with Gasteiger partial charge in [0.05, 0.1) is 11.4 Å². The van der Waals surface area contributed by atoms with E-state index in [2.05, 4.69) is 20.7 Å². The molecule has 0 radical (unpaired) electrons. The molecule has 2 N–H and O–H groups in total. The van der Waals surface area contributed by atoms with Gasteiger partial charge >= 0.3 is 0 Å². The summed E-state index contributed by atoms with van der Waals surface area (Å²) in [5.41, 5.74) is 4.41. The summed E-state index contributed by atoms with van der Waals surface area (Å²) in [6, 6.07) is 14.2. The van der Waals surface area contributed by atoms with Gasteiger partial charge in [-0.1, -0.05) is 18.2 Å². The SMILES string of the molecule is CC(=O)Nc1ccc(-c2csc(NC(=O)c3nn(-c4ccccc4)c4c3CCC4)n2)c(F)c1. The second-order valence-corrected chi connectivity index (χ2v) is 8.60. The molecular weight excluding hydrogens is 441 g/mol. The summed E-state index contributed by atoms with van der Waals surface area (Å²) in [4.78, 5) is 28.6. The Labute approximate surface area is 193 Å². The molecular formula is C24H20FN5O2S. The molecule has 7 nitrogen and oxygen atoms in total. The molecule has 1 aliphatic rings. The van der Waals surface area contributed by atoms with Gasteiger partial charge < -0.3 is 5.32 Å². The molecule has 0 atom stereocenters. The van der Waals surface area contributed by atoms with Crippen LogP contribution in [-0.2, 0) is 17.6 Å². The Balaban J connectivity index is 1.38. The predicted octanol–water partition coefficient (Wildman–Crippen LogP) is 4.83. The molecule has 5 rings (SSSR count). The standard InChI is InChI=1S/C24H20FN5O2S/c1-14(31)26-15-10-11-17(19(25)12-15)20-13-33-24(27-20)28-23(32)22-18-8-5-9-21(18)30(29-22)16-6-3-2-4-7-16/h2-4,6-7,10-13H,5,8-9H2,1H3,(H,26,31)(H,27,28,32). The minimum absolute atomic E-state index is 0.276. The number of anilines is 2. The number of hydrogen-bond donors (Lipinski definition) is 2. The number of carbonyl (C=O) groups is 2. The molecule has 2 aromatic heterocycles. The number of para-hydroxylation sites is 1. The molecule has 2 aromatic carbocycles. The third-order valence-electron chi connectivity index (χ3n) is 5.44. The van der Waals surface area contributed by atoms with Crippen LogP contribution >= 0.6 is 11.3 Å². The molecule has 0 aliphatic heterocycles. The van der Waals surface area contributed by atoms with E-state index in [4.69, 9.17) is 0 Å². The topological polar surface area (TPSA) is 88.9 Å². The molecule has 0 saturated heterocycles. The van der Waals surface area contributed by atoms with E-state index < -0.39 is 5.82 Å². The Morgan fingerprint density at radius 1 is 1.09 bits per heavy atom. The molecule has 0 fully saturated rings. The number of rotatable bonds is 5. The van der Waals surface area contributed by atoms with E-state index in [-0.39, 0.29) is 17.4 Å². The van der Waals surface area contributed by atoms with Gasteiger partial charge in [-0.25, -0.2) is 14.1 Å². The molecule has 9 heteroatoms. The highest BCUT2D eigenvalue weighted by atomic mass is 32.1. The minimum atomic E-state index is -0.510. The van der Waals surface area contributed by atoms with Crippen molar-refractivity contribution >= 4 is 34.0 Å². The summed E-state index contributed by atoms with van der Waals surface area (Å²) in [5, 5.41) is 12.0. The highest BCUT2D eigenvalue weighted by molar-refractivity contribution is 7.14. The average molecular weight is 462 g/mol. The van der Waals surface area contributed by atoms with Gasteiger partial charge in [-0.15, -0.1) is 11.3 Å². The first-order valence-corrected chi connectivity index (χ1v) is 11.4. The lowest BCUT2D eigenvalue weighted by atomic mass is 10.1. The first-order chi connectivity index (χ1) is 16.0. The van der Waals surface area contributed by atoms with Crippen LogP contribution in [0.1, 0.15) is 35.1 Å². The third-order valence-corrected chi connectivity index (χ3v) is 6.19. The fourth-order valence-electron chi connectivity index (χ4n) is 4.02. The summed E-state index contributed by atoms with van der Waals surface area (Å²) in [6.07, 6.45) is 2.66. The molecule has 1 aliphatic carbocycles. The summed E-state index contributed by atoms with van der Waals surface area (Å²) >= 11 is 1.21. The van der Waals surface area contributed by atoms with Crippen molar-refractivity contribution in [3.8, 4) is 16.9 Å². The zero-order valence-electron chi connectivity index (χ0n) is 17.8. The van der Waals surface area contributed by atoms with Crippen molar-refractivity contribution in [2.45, 2.75) is 26.2 Å². The number of nitrogens with zero attached hydrogens (tertiary/aromatic N) is 3. The van der Waals surface area contributed by atoms with E-state index in [0.29, 0.717) is 22.2 Å². The Morgan fingerprint density at radius 3 is 2.67 bits per heavy atom. The molecule has 0 unspecified atom stereocenters. The number of aromatic nitrogens is 3. The van der Waals surface area contributed by atoms with Gasteiger partial charge in [-0.05, 0) is 49.6 Å². The number of amides is 2. The predicted molar refractivity (Wildman–Crippen MR) is 125 cm³/mol. The van der Waals surface area contributed by atoms with E-state index >= 15 is 0 Å². The largest absolute Gasteiger partial charge is 0.326 e. The lowest BCUT2D eigenvalue weighted by Gasteiger charge is -2.05. The summed E-state index contributed by atoms with van der Waals surface area (Å²) < 4.78 is 16.4. The molecule has 166 valence electrons. The van der Waals surface area contributed by atoms with Crippen LogP contribution in [0.15, 0.2) is 53.9 Å². The van der Waals surface area contributed by atoms with Crippen molar-refractivity contribution in [2.24, 2.45) is 0 Å². The van der Waals surface area contributed by atoms with Gasteiger partial charge in [0.1, 0.15) is 5.82 Å². The number of carbonyl (C=O) groups excluding carboxylic acids is 2. The maximum absolute atomic E-state index is 14.6. The maximum atomic E-state index is 14.6. The molecule has 4 aromatic rings. The Morgan fingerprint density at radius 2 is 1.91 bits per heavy atom. The lowest BCUT2D eigenvalue weighted by Crippen LogP contribution is -2.14. The van der Waals surface area contributed by atoms with Crippen LogP contribution < -0.4 is 10.6 Å². The van der Waals surface area contributed by atoms with Gasteiger partial charge in [0.15, 0.2) is 10.8 Å². The van der Waals surface area contributed by atoms with E-state index in [1.807, 2.05) is 35.0 Å². The van der Waals surface area contributed by atoms with Crippen LogP contribution in [-0.4, -0.2) is 26.6 Å². The highest BCUT2D eigenvalue weighted by Gasteiger charge is 2.27. The molecule has 0 spiro atoms. The highest BCUT2D eigenvalue weighted by Crippen LogP contribution is 2.31. The van der Waals surface area contributed by atoms with Crippen LogP contribution in [0.5, 0.6) is 0 Å². The Bertz CT molecular complexity index is 1360. The maximum Gasteiger partial charge on any atom is 0.278 e. The van der Waals surface area contributed by atoms with Gasteiger partial charge in [-0.3, -0.25) is 14.9 Å². The van der Waals surface area contributed by atoms with Gasteiger partial charge in [0, 0.05) is 34.8 Å². The van der Waals surface area contributed by atoms with Crippen molar-refractivity contribution in [2.75, 3.05) is 10.6 Å². The first-order valence-electron chi connectivity index (χ1n) is 10.5. The fourth-order valence-corrected chi connectivity index (χ4v) is 4.72. The average Bonchev–Trinajstić information content (AvgIpc) is 3.51. The van der Waals surface area contributed by atoms with Crippen LogP contribution in [0.2, 0.25) is 0 Å². The van der Waals surface area contributed by atoms with Gasteiger partial charge in [0.2, 0.25) is 5.91 Å². The van der Waals surface area contributed by atoms with Crippen molar-refractivity contribution in [3.05, 3.63) is 76.7 Å². The van der Waals surface area contributed by atoms with Crippen molar-refractivity contribution < 1.29 is 14.0 Å². The number of fused-ring (bicyclic) bond motifs is 1. The molecule has 2 heterocycles. The van der Waals surface area contributed by atoms with Crippen molar-refractivity contribution in [1.82, 2.24) is 14.8 Å².